The van der Waals surface area contributed by atoms with Crippen LogP contribution in [0.3, 0.4) is 0 Å². The zero-order chi connectivity index (χ0) is 19.8. The Morgan fingerprint density at radius 2 is 2.07 bits per heavy atom. The second-order valence-electron chi connectivity index (χ2n) is 9.14. The van der Waals surface area contributed by atoms with Gasteiger partial charge in [-0.1, -0.05) is 44.4 Å². The van der Waals surface area contributed by atoms with Gasteiger partial charge in [0.05, 0.1) is 18.8 Å². The minimum atomic E-state index is -0.370. The van der Waals surface area contributed by atoms with Crippen LogP contribution in [0.4, 0.5) is 0 Å². The fraction of sp³-hybridized carbons (Fsp3) is 0.833. The molecule has 1 saturated heterocycles. The van der Waals surface area contributed by atoms with Crippen molar-refractivity contribution in [2.24, 2.45) is 17.8 Å². The lowest BCUT2D eigenvalue weighted by atomic mass is 9.89. The predicted octanol–water partition coefficient (Wildman–Crippen LogP) is 3.93. The van der Waals surface area contributed by atoms with Gasteiger partial charge in [-0.05, 0) is 69.0 Å². The molecule has 3 aliphatic rings. The molecule has 1 aliphatic heterocycles. The van der Waals surface area contributed by atoms with Gasteiger partial charge in [0.25, 0.3) is 0 Å². The lowest BCUT2D eigenvalue weighted by molar-refractivity contribution is 0.131. The lowest BCUT2D eigenvalue weighted by Crippen LogP contribution is -2.21. The van der Waals surface area contributed by atoms with Crippen LogP contribution in [0.15, 0.2) is 23.8 Å². The topological polar surface area (TPSA) is 52.9 Å². The summed E-state index contributed by atoms with van der Waals surface area (Å²) in [7, 11) is 0. The Hall–Kier alpha value is -0.680. The molecular weight excluding hydrogens is 350 g/mol. The number of aliphatic hydroxyl groups is 2. The molecule has 4 heteroatoms. The van der Waals surface area contributed by atoms with Gasteiger partial charge in [-0.25, -0.2) is 0 Å². The molecule has 0 amide bonds. The molecule has 0 radical (unpaired) electrons. The molecule has 0 unspecified atom stereocenters. The molecule has 2 N–H and O–H groups in total. The highest BCUT2D eigenvalue weighted by Gasteiger charge is 2.43. The van der Waals surface area contributed by atoms with E-state index < -0.39 is 0 Å². The number of rotatable bonds is 12. The van der Waals surface area contributed by atoms with Gasteiger partial charge in [0.1, 0.15) is 0 Å². The minimum Gasteiger partial charge on any atom is -0.392 e. The van der Waals surface area contributed by atoms with Crippen LogP contribution in [0, 0.1) is 17.8 Å². The van der Waals surface area contributed by atoms with Crippen molar-refractivity contribution in [2.75, 3.05) is 32.8 Å². The Labute approximate surface area is 171 Å². The van der Waals surface area contributed by atoms with E-state index in [9.17, 15) is 10.2 Å². The maximum atomic E-state index is 10.5. The summed E-state index contributed by atoms with van der Waals surface area (Å²) in [5, 5.41) is 20.6. The molecule has 3 rings (SSSR count). The zero-order valence-electron chi connectivity index (χ0n) is 17.8. The number of likely N-dealkylation sites (tertiary alicyclic amines) is 1. The highest BCUT2D eigenvalue weighted by molar-refractivity contribution is 5.21. The molecule has 1 heterocycles. The number of fused-ring (bicyclic) bond motifs is 1. The van der Waals surface area contributed by atoms with E-state index >= 15 is 0 Å². The van der Waals surface area contributed by atoms with E-state index in [1.807, 2.05) is 6.08 Å². The van der Waals surface area contributed by atoms with E-state index in [-0.39, 0.29) is 18.1 Å². The van der Waals surface area contributed by atoms with E-state index in [1.54, 1.807) is 0 Å². The highest BCUT2D eigenvalue weighted by atomic mass is 16.5. The maximum absolute atomic E-state index is 10.5. The van der Waals surface area contributed by atoms with Crippen molar-refractivity contribution in [3.05, 3.63) is 23.8 Å². The number of nitrogens with zero attached hydrogens (tertiary/aromatic N) is 1. The molecule has 0 aromatic carbocycles. The lowest BCUT2D eigenvalue weighted by Gasteiger charge is -2.19. The van der Waals surface area contributed by atoms with Gasteiger partial charge >= 0.3 is 0 Å². The first-order valence-corrected chi connectivity index (χ1v) is 11.7. The van der Waals surface area contributed by atoms with Gasteiger partial charge in [0.15, 0.2) is 0 Å². The number of allylic oxidation sites excluding steroid dienone is 1. The van der Waals surface area contributed by atoms with Gasteiger partial charge in [-0.3, -0.25) is 0 Å². The standard InChI is InChI=1S/C24H41NO3/c1-2-3-4-8-21(26)9-10-22-23-16-19(15-20(23)17-24(22)27)18-28-14-7-13-25-11-5-6-12-25/h9-10,15,20-24,26-27H,2-8,11-14,16-18H2,1H3/b10-9+/t20-,21-,22+,23-,24+/m0/s1. The number of unbranched alkanes of at least 4 members (excludes halogenated alkanes) is 2. The van der Waals surface area contributed by atoms with Crippen LogP contribution < -0.4 is 0 Å². The van der Waals surface area contributed by atoms with Gasteiger partial charge < -0.3 is 19.8 Å². The normalized spacial score (nSPS) is 31.6. The molecule has 2 fully saturated rings. The van der Waals surface area contributed by atoms with Crippen LogP contribution in [0.5, 0.6) is 0 Å². The first-order valence-electron chi connectivity index (χ1n) is 11.7. The zero-order valence-corrected chi connectivity index (χ0v) is 17.8. The predicted molar refractivity (Wildman–Crippen MR) is 114 cm³/mol. The van der Waals surface area contributed by atoms with Crippen LogP contribution in [-0.2, 0) is 4.74 Å². The first-order chi connectivity index (χ1) is 13.7. The summed E-state index contributed by atoms with van der Waals surface area (Å²) in [4.78, 5) is 2.54. The summed E-state index contributed by atoms with van der Waals surface area (Å²) in [5.74, 6) is 1.14. The van der Waals surface area contributed by atoms with E-state index in [2.05, 4.69) is 24.0 Å². The average molecular weight is 392 g/mol. The minimum absolute atomic E-state index is 0.176. The fourth-order valence-corrected chi connectivity index (χ4v) is 5.27. The Kier molecular flexibility index (Phi) is 9.04. The second-order valence-corrected chi connectivity index (χ2v) is 9.14. The Balaban J connectivity index is 1.36. The molecule has 0 aromatic rings. The molecule has 0 bridgehead atoms. The molecule has 4 nitrogen and oxygen atoms in total. The number of hydrogen-bond acceptors (Lipinski definition) is 4. The van der Waals surface area contributed by atoms with E-state index in [0.29, 0.717) is 11.8 Å². The molecule has 0 spiro atoms. The SMILES string of the molecule is CCCCC[C@H](O)/C=C/[C@@H]1[C@H]2CC(COCCCN3CCCC3)=C[C@H]2C[C@H]1O. The van der Waals surface area contributed by atoms with Crippen molar-refractivity contribution in [1.82, 2.24) is 4.90 Å². The van der Waals surface area contributed by atoms with E-state index in [1.165, 1.54) is 50.9 Å². The van der Waals surface area contributed by atoms with Crippen molar-refractivity contribution < 1.29 is 14.9 Å². The largest absolute Gasteiger partial charge is 0.392 e. The first kappa shape index (κ1) is 22.0. The van der Waals surface area contributed by atoms with E-state index in [4.69, 9.17) is 4.74 Å². The molecule has 5 atom stereocenters. The average Bonchev–Trinajstić information content (AvgIpc) is 3.37. The summed E-state index contributed by atoms with van der Waals surface area (Å²) in [6.07, 6.45) is 15.7. The number of aliphatic hydroxyl groups excluding tert-OH is 2. The van der Waals surface area contributed by atoms with Crippen LogP contribution in [0.1, 0.15) is 64.7 Å². The maximum Gasteiger partial charge on any atom is 0.0721 e. The van der Waals surface area contributed by atoms with Crippen LogP contribution in [0.25, 0.3) is 0 Å². The van der Waals surface area contributed by atoms with Crippen molar-refractivity contribution in [3.63, 3.8) is 0 Å². The van der Waals surface area contributed by atoms with Crippen molar-refractivity contribution in [3.8, 4) is 0 Å². The monoisotopic (exact) mass is 391 g/mol. The smallest absolute Gasteiger partial charge is 0.0721 e. The number of ether oxygens (including phenoxy) is 1. The summed E-state index contributed by atoms with van der Waals surface area (Å²) in [6.45, 7) is 7.47. The number of hydrogen-bond donors (Lipinski definition) is 2. The van der Waals surface area contributed by atoms with Crippen molar-refractivity contribution in [2.45, 2.75) is 76.9 Å². The summed E-state index contributed by atoms with van der Waals surface area (Å²) in [6, 6.07) is 0. The molecule has 1 saturated carbocycles. The highest BCUT2D eigenvalue weighted by Crippen LogP contribution is 2.47. The Bertz CT molecular complexity index is 512. The van der Waals surface area contributed by atoms with Crippen molar-refractivity contribution in [1.29, 1.82) is 0 Å². The second kappa shape index (κ2) is 11.5. The molecule has 2 aliphatic carbocycles. The summed E-state index contributed by atoms with van der Waals surface area (Å²) < 4.78 is 5.94. The summed E-state index contributed by atoms with van der Waals surface area (Å²) in [5.41, 5.74) is 1.41. The Morgan fingerprint density at radius 1 is 1.25 bits per heavy atom. The molecule has 28 heavy (non-hydrogen) atoms. The van der Waals surface area contributed by atoms with Crippen LogP contribution in [0.2, 0.25) is 0 Å². The fourth-order valence-electron chi connectivity index (χ4n) is 5.27. The van der Waals surface area contributed by atoms with Gasteiger partial charge in [-0.15, -0.1) is 0 Å². The Morgan fingerprint density at radius 3 is 2.86 bits per heavy atom. The van der Waals surface area contributed by atoms with Crippen LogP contribution in [-0.4, -0.2) is 60.2 Å². The van der Waals surface area contributed by atoms with E-state index in [0.717, 1.165) is 45.3 Å². The van der Waals surface area contributed by atoms with Gasteiger partial charge in [0, 0.05) is 19.1 Å². The van der Waals surface area contributed by atoms with Crippen LogP contribution >= 0.6 is 0 Å². The molecule has 0 aromatic heterocycles. The third-order valence-corrected chi connectivity index (χ3v) is 6.86. The molecular formula is C24H41NO3. The third-order valence-electron chi connectivity index (χ3n) is 6.86. The van der Waals surface area contributed by atoms with Gasteiger partial charge in [-0.2, -0.15) is 0 Å². The third kappa shape index (κ3) is 6.41. The molecule has 160 valence electrons. The van der Waals surface area contributed by atoms with Gasteiger partial charge in [0.2, 0.25) is 0 Å². The quantitative estimate of drug-likeness (QED) is 0.391. The van der Waals surface area contributed by atoms with Crippen molar-refractivity contribution >= 4 is 0 Å². The summed E-state index contributed by atoms with van der Waals surface area (Å²) >= 11 is 0.